The Balaban J connectivity index is 3.17. The molecule has 0 amide bonds. The van der Waals surface area contributed by atoms with E-state index in [1.165, 1.54) is 70.0 Å². The predicted molar refractivity (Wildman–Crippen MR) is 99.1 cm³/mol. The van der Waals surface area contributed by atoms with E-state index in [0.717, 1.165) is 24.4 Å². The second-order valence-corrected chi connectivity index (χ2v) is 7.78. The third-order valence-electron chi connectivity index (χ3n) is 4.13. The van der Waals surface area contributed by atoms with E-state index < -0.39 is 0 Å². The van der Waals surface area contributed by atoms with Crippen molar-refractivity contribution in [1.82, 2.24) is 0 Å². The molecule has 0 heterocycles. The van der Waals surface area contributed by atoms with Crippen LogP contribution in [0.2, 0.25) is 0 Å². The maximum absolute atomic E-state index is 5.68. The number of thioether (sulfide) groups is 1. The quantitative estimate of drug-likeness (QED) is 0.226. The Kier molecular flexibility index (Phi) is 16.9. The molecular weight excluding hydrogens is 276 g/mol. The fourth-order valence-corrected chi connectivity index (χ4v) is 3.66. The summed E-state index contributed by atoms with van der Waals surface area (Å²) in [5.74, 6) is 3.97. The molecule has 0 radical (unpaired) electrons. The summed E-state index contributed by atoms with van der Waals surface area (Å²) in [7, 11) is 0. The van der Waals surface area contributed by atoms with Crippen LogP contribution in [0, 0.1) is 11.8 Å². The van der Waals surface area contributed by atoms with Crippen LogP contribution in [-0.2, 0) is 4.74 Å². The largest absolute Gasteiger partial charge is 0.371 e. The van der Waals surface area contributed by atoms with E-state index in [2.05, 4.69) is 27.7 Å². The summed E-state index contributed by atoms with van der Waals surface area (Å²) in [6, 6.07) is 0. The first kappa shape index (κ1) is 21.3. The van der Waals surface area contributed by atoms with Crippen LogP contribution in [0.25, 0.3) is 0 Å². The Bertz CT molecular complexity index is 196. The second-order valence-electron chi connectivity index (χ2n) is 6.73. The van der Waals surface area contributed by atoms with Gasteiger partial charge in [0.1, 0.15) is 0 Å². The van der Waals surface area contributed by atoms with Crippen LogP contribution in [0.1, 0.15) is 91.9 Å². The maximum Gasteiger partial charge on any atom is 0.0920 e. The molecule has 0 N–H and O–H groups in total. The molecule has 128 valence electrons. The molecule has 2 atom stereocenters. The number of ether oxygens (including phenoxy) is 1. The molecule has 0 aliphatic carbocycles. The van der Waals surface area contributed by atoms with E-state index in [0.29, 0.717) is 0 Å². The third-order valence-corrected chi connectivity index (χ3v) is 5.04. The fraction of sp³-hybridized carbons (Fsp3) is 1.00. The van der Waals surface area contributed by atoms with Gasteiger partial charge < -0.3 is 4.74 Å². The second kappa shape index (κ2) is 16.7. The zero-order valence-corrected chi connectivity index (χ0v) is 16.0. The standard InChI is InChI=1S/C19H40OS/c1-5-7-8-9-10-14-20-17-21-15-11-13-19(4)16-18(3)12-6-2/h18-19H,5-17H2,1-4H3. The van der Waals surface area contributed by atoms with E-state index in [9.17, 15) is 0 Å². The zero-order valence-electron chi connectivity index (χ0n) is 15.2. The number of rotatable bonds is 16. The van der Waals surface area contributed by atoms with Gasteiger partial charge >= 0.3 is 0 Å². The zero-order chi connectivity index (χ0) is 15.8. The van der Waals surface area contributed by atoms with Crippen LogP contribution in [-0.4, -0.2) is 18.3 Å². The first-order valence-corrected chi connectivity index (χ1v) is 10.5. The lowest BCUT2D eigenvalue weighted by Crippen LogP contribution is -2.03. The van der Waals surface area contributed by atoms with Crippen LogP contribution in [0.5, 0.6) is 0 Å². The summed E-state index contributed by atoms with van der Waals surface area (Å²) in [5.41, 5.74) is 0. The van der Waals surface area contributed by atoms with Gasteiger partial charge in [-0.05, 0) is 43.3 Å². The lowest BCUT2D eigenvalue weighted by Gasteiger charge is -2.16. The average Bonchev–Trinajstić information content (AvgIpc) is 2.45. The average molecular weight is 317 g/mol. The van der Waals surface area contributed by atoms with Crippen LogP contribution in [0.15, 0.2) is 0 Å². The Morgan fingerprint density at radius 1 is 0.810 bits per heavy atom. The van der Waals surface area contributed by atoms with Crippen LogP contribution >= 0.6 is 11.8 Å². The minimum absolute atomic E-state index is 0.895. The van der Waals surface area contributed by atoms with Gasteiger partial charge in [-0.3, -0.25) is 0 Å². The highest BCUT2D eigenvalue weighted by Gasteiger charge is 2.07. The third kappa shape index (κ3) is 16.5. The smallest absolute Gasteiger partial charge is 0.0920 e. The van der Waals surface area contributed by atoms with Gasteiger partial charge in [0.15, 0.2) is 0 Å². The monoisotopic (exact) mass is 316 g/mol. The van der Waals surface area contributed by atoms with Gasteiger partial charge in [0.25, 0.3) is 0 Å². The highest BCUT2D eigenvalue weighted by molar-refractivity contribution is 7.99. The number of unbranched alkanes of at least 4 members (excludes halogenated alkanes) is 4. The molecule has 0 aromatic rings. The Labute approximate surface area is 139 Å². The molecule has 0 fully saturated rings. The Hall–Kier alpha value is 0.310. The summed E-state index contributed by atoms with van der Waals surface area (Å²) in [6.45, 7) is 10.3. The molecule has 1 nitrogen and oxygen atoms in total. The summed E-state index contributed by atoms with van der Waals surface area (Å²) in [5, 5.41) is 0. The minimum Gasteiger partial charge on any atom is -0.371 e. The lowest BCUT2D eigenvalue weighted by atomic mass is 9.91. The van der Waals surface area contributed by atoms with Gasteiger partial charge in [-0.1, -0.05) is 66.2 Å². The molecule has 0 aromatic heterocycles. The molecule has 21 heavy (non-hydrogen) atoms. The van der Waals surface area contributed by atoms with Crippen molar-refractivity contribution in [3.05, 3.63) is 0 Å². The number of hydrogen-bond donors (Lipinski definition) is 0. The van der Waals surface area contributed by atoms with Gasteiger partial charge in [-0.25, -0.2) is 0 Å². The van der Waals surface area contributed by atoms with Gasteiger partial charge in [0.2, 0.25) is 0 Å². The highest BCUT2D eigenvalue weighted by Crippen LogP contribution is 2.21. The molecule has 0 saturated heterocycles. The van der Waals surface area contributed by atoms with Gasteiger partial charge in [-0.2, -0.15) is 0 Å². The van der Waals surface area contributed by atoms with Crippen molar-refractivity contribution in [3.63, 3.8) is 0 Å². The van der Waals surface area contributed by atoms with E-state index in [1.807, 2.05) is 11.8 Å². The first-order valence-electron chi connectivity index (χ1n) is 9.36. The first-order chi connectivity index (χ1) is 10.2. The predicted octanol–water partition coefficient (Wildman–Crippen LogP) is 6.91. The summed E-state index contributed by atoms with van der Waals surface area (Å²) >= 11 is 1.97. The van der Waals surface area contributed by atoms with Crippen molar-refractivity contribution in [3.8, 4) is 0 Å². The topological polar surface area (TPSA) is 9.23 Å². The van der Waals surface area contributed by atoms with Crippen molar-refractivity contribution in [2.45, 2.75) is 91.9 Å². The van der Waals surface area contributed by atoms with Crippen molar-refractivity contribution < 1.29 is 4.74 Å². The molecule has 2 heteroatoms. The van der Waals surface area contributed by atoms with Gasteiger partial charge in [0, 0.05) is 6.61 Å². The van der Waals surface area contributed by atoms with Crippen LogP contribution in [0.3, 0.4) is 0 Å². The van der Waals surface area contributed by atoms with E-state index in [-0.39, 0.29) is 0 Å². The maximum atomic E-state index is 5.68. The molecule has 0 spiro atoms. The molecular formula is C19H40OS. The number of hydrogen-bond acceptors (Lipinski definition) is 2. The molecule has 0 rings (SSSR count). The molecule has 0 bridgehead atoms. The summed E-state index contributed by atoms with van der Waals surface area (Å²) in [4.78, 5) is 0. The Morgan fingerprint density at radius 3 is 2.24 bits per heavy atom. The fourth-order valence-electron chi connectivity index (χ4n) is 2.93. The van der Waals surface area contributed by atoms with Crippen LogP contribution in [0.4, 0.5) is 0 Å². The molecule has 0 aromatic carbocycles. The minimum atomic E-state index is 0.895. The lowest BCUT2D eigenvalue weighted by molar-refractivity contribution is 0.177. The van der Waals surface area contributed by atoms with Crippen molar-refractivity contribution in [2.75, 3.05) is 18.3 Å². The van der Waals surface area contributed by atoms with E-state index in [4.69, 9.17) is 4.74 Å². The van der Waals surface area contributed by atoms with Gasteiger partial charge in [0.05, 0.1) is 5.94 Å². The molecule has 0 saturated carbocycles. The molecule has 2 unspecified atom stereocenters. The van der Waals surface area contributed by atoms with Crippen molar-refractivity contribution in [1.29, 1.82) is 0 Å². The molecule has 0 aliphatic heterocycles. The molecule has 0 aliphatic rings. The normalized spacial score (nSPS) is 14.3. The van der Waals surface area contributed by atoms with Crippen LogP contribution < -0.4 is 0 Å². The van der Waals surface area contributed by atoms with E-state index in [1.54, 1.807) is 0 Å². The van der Waals surface area contributed by atoms with Crippen molar-refractivity contribution >= 4 is 11.8 Å². The van der Waals surface area contributed by atoms with Crippen molar-refractivity contribution in [2.24, 2.45) is 11.8 Å². The van der Waals surface area contributed by atoms with E-state index >= 15 is 0 Å². The SMILES string of the molecule is CCCCCCCOCSCCCC(C)CC(C)CCC. The van der Waals surface area contributed by atoms with Gasteiger partial charge in [-0.15, -0.1) is 11.8 Å². The summed E-state index contributed by atoms with van der Waals surface area (Å²) < 4.78 is 5.68. The Morgan fingerprint density at radius 2 is 1.52 bits per heavy atom. The highest BCUT2D eigenvalue weighted by atomic mass is 32.2. The summed E-state index contributed by atoms with van der Waals surface area (Å²) in [6.07, 6.45) is 13.5.